The number of benzene rings is 3. The zero-order chi connectivity index (χ0) is 24.3. The zero-order valence-corrected chi connectivity index (χ0v) is 20.1. The molecule has 0 heterocycles. The maximum absolute atomic E-state index is 13.4. The van der Waals surface area contributed by atoms with Gasteiger partial charge in [0.1, 0.15) is 17.5 Å². The van der Waals surface area contributed by atoms with Gasteiger partial charge in [-0.3, -0.25) is 9.59 Å². The first-order chi connectivity index (χ1) is 16.5. The van der Waals surface area contributed by atoms with Crippen molar-refractivity contribution < 1.29 is 19.1 Å². The molecule has 34 heavy (non-hydrogen) atoms. The van der Waals surface area contributed by atoms with Gasteiger partial charge in [0.15, 0.2) is 6.61 Å². The van der Waals surface area contributed by atoms with Crippen LogP contribution >= 0.6 is 11.6 Å². The Bertz CT molecular complexity index is 1070. The first-order valence-electron chi connectivity index (χ1n) is 11.1. The van der Waals surface area contributed by atoms with E-state index in [1.165, 1.54) is 0 Å². The van der Waals surface area contributed by atoms with Crippen LogP contribution < -0.4 is 14.8 Å². The van der Waals surface area contributed by atoms with Gasteiger partial charge in [0.2, 0.25) is 5.91 Å². The SMILES string of the molecule is CCNC(=O)C(Cc1ccccc1)N(Cc1cccc(Cl)c1)C(=O)COc1ccc(OC)cc1. The number of rotatable bonds is 11. The van der Waals surface area contributed by atoms with Crippen LogP contribution in [0.4, 0.5) is 0 Å². The quantitative estimate of drug-likeness (QED) is 0.438. The molecule has 0 aliphatic carbocycles. The van der Waals surface area contributed by atoms with Crippen molar-refractivity contribution in [2.45, 2.75) is 25.9 Å². The van der Waals surface area contributed by atoms with E-state index in [1.54, 1.807) is 48.4 Å². The van der Waals surface area contributed by atoms with Gasteiger partial charge in [-0.2, -0.15) is 0 Å². The summed E-state index contributed by atoms with van der Waals surface area (Å²) < 4.78 is 10.9. The second-order valence-electron chi connectivity index (χ2n) is 7.72. The van der Waals surface area contributed by atoms with Crippen LogP contribution in [0.2, 0.25) is 5.02 Å². The predicted molar refractivity (Wildman–Crippen MR) is 133 cm³/mol. The summed E-state index contributed by atoms with van der Waals surface area (Å²) in [5, 5.41) is 3.44. The minimum absolute atomic E-state index is 0.211. The van der Waals surface area contributed by atoms with Gasteiger partial charge in [-0.15, -0.1) is 0 Å². The number of methoxy groups -OCH3 is 1. The second kappa shape index (κ2) is 12.7. The Hall–Kier alpha value is -3.51. The molecule has 178 valence electrons. The van der Waals surface area contributed by atoms with E-state index in [0.29, 0.717) is 29.5 Å². The Morgan fingerprint density at radius 2 is 1.62 bits per heavy atom. The number of carbonyl (C=O) groups is 2. The molecule has 2 amide bonds. The molecule has 1 atom stereocenters. The smallest absolute Gasteiger partial charge is 0.261 e. The van der Waals surface area contributed by atoms with Gasteiger partial charge >= 0.3 is 0 Å². The standard InChI is InChI=1S/C27H29ClN2O4/c1-3-29-27(32)25(17-20-8-5-4-6-9-20)30(18-21-10-7-11-22(28)16-21)26(31)19-34-24-14-12-23(33-2)13-15-24/h4-16,25H,3,17-19H2,1-2H3,(H,29,32). The summed E-state index contributed by atoms with van der Waals surface area (Å²) >= 11 is 6.18. The van der Waals surface area contributed by atoms with Gasteiger partial charge < -0.3 is 19.7 Å². The van der Waals surface area contributed by atoms with Gasteiger partial charge in [0, 0.05) is 24.5 Å². The highest BCUT2D eigenvalue weighted by molar-refractivity contribution is 6.30. The zero-order valence-electron chi connectivity index (χ0n) is 19.4. The van der Waals surface area contributed by atoms with E-state index in [2.05, 4.69) is 5.32 Å². The number of amides is 2. The van der Waals surface area contributed by atoms with Crippen LogP contribution in [-0.4, -0.2) is 43.0 Å². The highest BCUT2D eigenvalue weighted by Crippen LogP contribution is 2.20. The van der Waals surface area contributed by atoms with Gasteiger partial charge in [-0.25, -0.2) is 0 Å². The molecule has 0 radical (unpaired) electrons. The summed E-state index contributed by atoms with van der Waals surface area (Å²) in [5.74, 6) is 0.712. The first kappa shape index (κ1) is 25.1. The number of hydrogen-bond acceptors (Lipinski definition) is 4. The summed E-state index contributed by atoms with van der Waals surface area (Å²) in [6.45, 7) is 2.33. The molecule has 0 saturated carbocycles. The number of likely N-dealkylation sites (N-methyl/N-ethyl adjacent to an activating group) is 1. The summed E-state index contributed by atoms with van der Waals surface area (Å²) in [4.78, 5) is 28.1. The molecular weight excluding hydrogens is 452 g/mol. The number of ether oxygens (including phenoxy) is 2. The van der Waals surface area contributed by atoms with E-state index < -0.39 is 6.04 Å². The number of hydrogen-bond donors (Lipinski definition) is 1. The lowest BCUT2D eigenvalue weighted by atomic mass is 10.0. The molecule has 1 N–H and O–H groups in total. The molecule has 6 nitrogen and oxygen atoms in total. The van der Waals surface area contributed by atoms with Crippen LogP contribution in [0.15, 0.2) is 78.9 Å². The summed E-state index contributed by atoms with van der Waals surface area (Å²) in [5.41, 5.74) is 1.78. The third kappa shape index (κ3) is 7.25. The van der Waals surface area contributed by atoms with Gasteiger partial charge in [-0.05, 0) is 54.4 Å². The molecule has 0 spiro atoms. The number of carbonyl (C=O) groups excluding carboxylic acids is 2. The van der Waals surface area contributed by atoms with Gasteiger partial charge in [0.05, 0.1) is 7.11 Å². The van der Waals surface area contributed by atoms with E-state index in [9.17, 15) is 9.59 Å². The lowest BCUT2D eigenvalue weighted by Gasteiger charge is -2.31. The average Bonchev–Trinajstić information content (AvgIpc) is 2.85. The molecule has 1 unspecified atom stereocenters. The van der Waals surface area contributed by atoms with Crippen LogP contribution in [0.5, 0.6) is 11.5 Å². The van der Waals surface area contributed by atoms with Crippen LogP contribution in [0.1, 0.15) is 18.1 Å². The topological polar surface area (TPSA) is 67.9 Å². The number of halogens is 1. The lowest BCUT2D eigenvalue weighted by molar-refractivity contribution is -0.142. The maximum Gasteiger partial charge on any atom is 0.261 e. The van der Waals surface area contributed by atoms with Crippen molar-refractivity contribution in [1.29, 1.82) is 0 Å². The number of nitrogens with zero attached hydrogens (tertiary/aromatic N) is 1. The molecule has 0 fully saturated rings. The maximum atomic E-state index is 13.4. The Morgan fingerprint density at radius 1 is 0.941 bits per heavy atom. The minimum Gasteiger partial charge on any atom is -0.497 e. The van der Waals surface area contributed by atoms with E-state index in [0.717, 1.165) is 11.1 Å². The Labute approximate surface area is 205 Å². The molecule has 0 aromatic heterocycles. The van der Waals surface area contributed by atoms with Gasteiger partial charge in [-0.1, -0.05) is 54.1 Å². The third-order valence-corrected chi connectivity index (χ3v) is 5.52. The van der Waals surface area contributed by atoms with E-state index in [-0.39, 0.29) is 25.0 Å². The van der Waals surface area contributed by atoms with Crippen molar-refractivity contribution in [3.8, 4) is 11.5 Å². The van der Waals surface area contributed by atoms with Crippen molar-refractivity contribution in [2.75, 3.05) is 20.3 Å². The van der Waals surface area contributed by atoms with Crippen LogP contribution in [0.25, 0.3) is 0 Å². The van der Waals surface area contributed by atoms with Crippen molar-refractivity contribution >= 4 is 23.4 Å². The first-order valence-corrected chi connectivity index (χ1v) is 11.5. The molecule has 0 bridgehead atoms. The van der Waals surface area contributed by atoms with Crippen LogP contribution in [0.3, 0.4) is 0 Å². The summed E-state index contributed by atoms with van der Waals surface area (Å²) in [6.07, 6.45) is 0.377. The van der Waals surface area contributed by atoms with Crippen molar-refractivity contribution in [3.05, 3.63) is 95.0 Å². The van der Waals surface area contributed by atoms with E-state index >= 15 is 0 Å². The fourth-order valence-electron chi connectivity index (χ4n) is 3.58. The van der Waals surface area contributed by atoms with E-state index in [4.69, 9.17) is 21.1 Å². The van der Waals surface area contributed by atoms with Crippen molar-refractivity contribution in [2.24, 2.45) is 0 Å². The fourth-order valence-corrected chi connectivity index (χ4v) is 3.79. The summed E-state index contributed by atoms with van der Waals surface area (Å²) in [7, 11) is 1.58. The Morgan fingerprint density at radius 3 is 2.26 bits per heavy atom. The van der Waals surface area contributed by atoms with Crippen LogP contribution in [0, 0.1) is 0 Å². The molecule has 3 aromatic rings. The highest BCUT2D eigenvalue weighted by atomic mass is 35.5. The molecule has 0 saturated heterocycles. The molecular formula is C27H29ClN2O4. The molecule has 0 aliphatic heterocycles. The van der Waals surface area contributed by atoms with E-state index in [1.807, 2.05) is 49.4 Å². The van der Waals surface area contributed by atoms with Gasteiger partial charge in [0.25, 0.3) is 5.91 Å². The molecule has 7 heteroatoms. The largest absolute Gasteiger partial charge is 0.497 e. The third-order valence-electron chi connectivity index (χ3n) is 5.29. The monoisotopic (exact) mass is 480 g/mol. The predicted octanol–water partition coefficient (Wildman–Crippen LogP) is 4.50. The normalized spacial score (nSPS) is 11.4. The lowest BCUT2D eigenvalue weighted by Crippen LogP contribution is -2.51. The highest BCUT2D eigenvalue weighted by Gasteiger charge is 2.30. The molecule has 0 aliphatic rings. The van der Waals surface area contributed by atoms with Crippen LogP contribution in [-0.2, 0) is 22.6 Å². The minimum atomic E-state index is -0.715. The fraction of sp³-hybridized carbons (Fsp3) is 0.259. The molecule has 3 aromatic carbocycles. The summed E-state index contributed by atoms with van der Waals surface area (Å²) in [6, 6.07) is 23.2. The molecule has 3 rings (SSSR count). The second-order valence-corrected chi connectivity index (χ2v) is 8.15. The van der Waals surface area contributed by atoms with Crippen molar-refractivity contribution in [3.63, 3.8) is 0 Å². The van der Waals surface area contributed by atoms with Crippen molar-refractivity contribution in [1.82, 2.24) is 10.2 Å². The number of nitrogens with one attached hydrogen (secondary N) is 1. The Balaban J connectivity index is 1.86. The Kier molecular flexibility index (Phi) is 9.35. The average molecular weight is 481 g/mol.